The SMILES string of the molecule is Cn1cc(-c2cc(C(CCCC(N)=O)C(=O)NCCCCNc3cccc4c3C(=O)N(C3CCC(=O)NC3=O)C4=O)ccc2Oc2ccc(F)cc2F)c2cc[nH]c2c1=O. The molecule has 0 bridgehead atoms. The van der Waals surface area contributed by atoms with Crippen molar-refractivity contribution in [2.45, 2.75) is 56.9 Å². The Kier molecular flexibility index (Phi) is 11.9. The molecule has 2 aliphatic heterocycles. The number of rotatable bonds is 16. The second-order valence-electron chi connectivity index (χ2n) is 14.7. The number of nitrogens with zero attached hydrogens (tertiary/aromatic N) is 2. The van der Waals surface area contributed by atoms with Crippen molar-refractivity contribution in [2.24, 2.45) is 12.8 Å². The number of benzene rings is 3. The molecule has 2 aromatic heterocycles. The zero-order valence-electron chi connectivity index (χ0n) is 32.4. The molecule has 4 heterocycles. The predicted octanol–water partition coefficient (Wildman–Crippen LogP) is 4.75. The highest BCUT2D eigenvalue weighted by molar-refractivity contribution is 6.25. The second-order valence-corrected chi connectivity index (χ2v) is 14.7. The number of aromatic amines is 1. The maximum absolute atomic E-state index is 14.8. The van der Waals surface area contributed by atoms with Crippen LogP contribution in [-0.2, 0) is 26.2 Å². The maximum atomic E-state index is 14.8. The number of hydrogen-bond donors (Lipinski definition) is 5. The normalized spacial score (nSPS) is 15.5. The van der Waals surface area contributed by atoms with E-state index in [2.05, 4.69) is 20.9 Å². The first kappa shape index (κ1) is 41.0. The number of halogens is 2. The smallest absolute Gasteiger partial charge is 0.274 e. The fourth-order valence-corrected chi connectivity index (χ4v) is 7.62. The standard InChI is InChI=1S/C43H41F2N7O8/c1-51-22-29(26-16-19-48-38(26)43(51)59)28-20-23(10-13-33(28)60-34-14-11-24(44)21-30(34)45)25(6-5-9-35(46)53)39(55)49-18-3-2-17-47-31-8-4-7-27-37(31)42(58)52(41(27)57)32-12-15-36(54)50-40(32)56/h4,7-8,10-11,13-14,16,19-22,25,32,47-48H,2-3,5-6,9,12,15,17-18H2,1H3,(H2,46,53)(H,49,55)(H,50,54,56). The molecule has 2 atom stereocenters. The Bertz CT molecular complexity index is 2620. The fourth-order valence-electron chi connectivity index (χ4n) is 7.62. The summed E-state index contributed by atoms with van der Waals surface area (Å²) < 4.78 is 35.9. The van der Waals surface area contributed by atoms with Gasteiger partial charge in [0, 0.05) is 73.6 Å². The maximum Gasteiger partial charge on any atom is 0.274 e. The van der Waals surface area contributed by atoms with Crippen molar-refractivity contribution in [3.8, 4) is 22.6 Å². The third-order valence-corrected chi connectivity index (χ3v) is 10.6. The summed E-state index contributed by atoms with van der Waals surface area (Å²) in [7, 11) is 1.58. The number of nitrogens with two attached hydrogens (primary N) is 1. The minimum Gasteiger partial charge on any atom is -0.454 e. The van der Waals surface area contributed by atoms with Crippen LogP contribution in [0.3, 0.4) is 0 Å². The monoisotopic (exact) mass is 821 g/mol. The zero-order valence-corrected chi connectivity index (χ0v) is 32.4. The molecule has 60 heavy (non-hydrogen) atoms. The largest absolute Gasteiger partial charge is 0.454 e. The number of anilines is 1. The number of ether oxygens (including phenoxy) is 1. The number of fused-ring (bicyclic) bond motifs is 2. The zero-order chi connectivity index (χ0) is 42.7. The molecule has 1 saturated heterocycles. The van der Waals surface area contributed by atoms with Crippen LogP contribution in [0.1, 0.15) is 77.1 Å². The second kappa shape index (κ2) is 17.4. The summed E-state index contributed by atoms with van der Waals surface area (Å²) >= 11 is 0. The Morgan fingerprint density at radius 1 is 0.917 bits per heavy atom. The Morgan fingerprint density at radius 2 is 1.70 bits per heavy atom. The van der Waals surface area contributed by atoms with Crippen LogP contribution < -0.4 is 32.0 Å². The summed E-state index contributed by atoms with van der Waals surface area (Å²) in [5.74, 6) is -5.78. The number of H-pyrrole nitrogens is 1. The minimum atomic E-state index is -1.08. The molecule has 15 nitrogen and oxygen atoms in total. The first-order chi connectivity index (χ1) is 28.8. The minimum absolute atomic E-state index is 0.0111. The molecule has 1 fully saturated rings. The van der Waals surface area contributed by atoms with Crippen LogP contribution in [0.15, 0.2) is 77.9 Å². The van der Waals surface area contributed by atoms with E-state index < -0.39 is 53.1 Å². The number of primary amides is 1. The van der Waals surface area contributed by atoms with E-state index in [0.717, 1.165) is 17.0 Å². The highest BCUT2D eigenvalue weighted by Crippen LogP contribution is 2.40. The molecule has 0 spiro atoms. The number of pyridine rings is 1. The van der Waals surface area contributed by atoms with E-state index in [0.29, 0.717) is 65.2 Å². The number of amides is 6. The molecule has 0 radical (unpaired) electrons. The van der Waals surface area contributed by atoms with Gasteiger partial charge in [0.25, 0.3) is 17.4 Å². The summed E-state index contributed by atoms with van der Waals surface area (Å²) in [6.45, 7) is 0.643. The number of hydrogen-bond acceptors (Lipinski definition) is 9. The first-order valence-corrected chi connectivity index (χ1v) is 19.4. The van der Waals surface area contributed by atoms with Crippen molar-refractivity contribution < 1.29 is 42.3 Å². The number of carbonyl (C=O) groups excluding carboxylic acids is 6. The van der Waals surface area contributed by atoms with Gasteiger partial charge in [-0.15, -0.1) is 0 Å². The van der Waals surface area contributed by atoms with Gasteiger partial charge in [0.15, 0.2) is 11.6 Å². The first-order valence-electron chi connectivity index (χ1n) is 19.4. The molecule has 6 N–H and O–H groups in total. The van der Waals surface area contributed by atoms with Gasteiger partial charge >= 0.3 is 0 Å². The molecule has 310 valence electrons. The topological polar surface area (TPSA) is 215 Å². The molecule has 17 heteroatoms. The van der Waals surface area contributed by atoms with Gasteiger partial charge in [-0.2, -0.15) is 0 Å². The van der Waals surface area contributed by atoms with Crippen LogP contribution in [0.2, 0.25) is 0 Å². The van der Waals surface area contributed by atoms with E-state index in [1.54, 1.807) is 55.8 Å². The molecule has 6 amide bonds. The van der Waals surface area contributed by atoms with Crippen LogP contribution in [0, 0.1) is 11.6 Å². The molecule has 0 saturated carbocycles. The lowest BCUT2D eigenvalue weighted by Crippen LogP contribution is -2.54. The highest BCUT2D eigenvalue weighted by Gasteiger charge is 2.45. The van der Waals surface area contributed by atoms with E-state index in [-0.39, 0.29) is 66.3 Å². The van der Waals surface area contributed by atoms with Gasteiger partial charge < -0.3 is 30.7 Å². The summed E-state index contributed by atoms with van der Waals surface area (Å²) in [6, 6.07) is 13.3. The molecule has 5 aromatic rings. The average Bonchev–Trinajstić information content (AvgIpc) is 3.80. The molecular formula is C43H41F2N7O8. The number of unbranched alkanes of at least 4 members (excludes halogenated alkanes) is 1. The third kappa shape index (κ3) is 8.37. The van der Waals surface area contributed by atoms with Gasteiger partial charge in [-0.05, 0) is 80.1 Å². The van der Waals surface area contributed by atoms with E-state index in [1.165, 1.54) is 10.6 Å². The summed E-state index contributed by atoms with van der Waals surface area (Å²) in [4.78, 5) is 93.1. The molecule has 2 aliphatic rings. The Hall–Kier alpha value is -7.17. The Balaban J connectivity index is 1.06. The van der Waals surface area contributed by atoms with Crippen LogP contribution in [0.25, 0.3) is 22.0 Å². The van der Waals surface area contributed by atoms with Crippen molar-refractivity contribution in [1.82, 2.24) is 25.1 Å². The van der Waals surface area contributed by atoms with Gasteiger partial charge in [0.05, 0.1) is 17.0 Å². The fraction of sp³-hybridized carbons (Fsp3) is 0.279. The predicted molar refractivity (Wildman–Crippen MR) is 215 cm³/mol. The van der Waals surface area contributed by atoms with Gasteiger partial charge in [0.1, 0.15) is 23.1 Å². The molecule has 3 aromatic carbocycles. The van der Waals surface area contributed by atoms with Crippen LogP contribution in [0.4, 0.5) is 14.5 Å². The Labute approximate surface area is 341 Å². The van der Waals surface area contributed by atoms with Crippen molar-refractivity contribution in [1.29, 1.82) is 0 Å². The van der Waals surface area contributed by atoms with Gasteiger partial charge in [-0.25, -0.2) is 8.78 Å². The molecular weight excluding hydrogens is 781 g/mol. The summed E-state index contributed by atoms with van der Waals surface area (Å²) in [6.07, 6.45) is 4.93. The van der Waals surface area contributed by atoms with E-state index >= 15 is 0 Å². The van der Waals surface area contributed by atoms with Crippen LogP contribution in [-0.4, -0.2) is 69.0 Å². The van der Waals surface area contributed by atoms with E-state index in [4.69, 9.17) is 10.5 Å². The number of aromatic nitrogens is 2. The van der Waals surface area contributed by atoms with E-state index in [1.807, 2.05) is 0 Å². The van der Waals surface area contributed by atoms with E-state index in [9.17, 15) is 42.3 Å². The Morgan fingerprint density at radius 3 is 2.47 bits per heavy atom. The number of nitrogens with one attached hydrogen (secondary N) is 4. The molecule has 2 unspecified atom stereocenters. The number of carbonyl (C=O) groups is 6. The lowest BCUT2D eigenvalue weighted by atomic mass is 9.89. The third-order valence-electron chi connectivity index (χ3n) is 10.6. The summed E-state index contributed by atoms with van der Waals surface area (Å²) in [5, 5.41) is 8.90. The van der Waals surface area contributed by atoms with Crippen LogP contribution >= 0.6 is 0 Å². The van der Waals surface area contributed by atoms with Crippen LogP contribution in [0.5, 0.6) is 11.5 Å². The van der Waals surface area contributed by atoms with Gasteiger partial charge in [0.2, 0.25) is 23.6 Å². The number of aryl methyl sites for hydroxylation is 1. The number of imide groups is 2. The quantitative estimate of drug-likeness (QED) is 0.0685. The van der Waals surface area contributed by atoms with Crippen molar-refractivity contribution in [2.75, 3.05) is 18.4 Å². The lowest BCUT2D eigenvalue weighted by molar-refractivity contribution is -0.136. The highest BCUT2D eigenvalue weighted by atomic mass is 19.1. The lowest BCUT2D eigenvalue weighted by Gasteiger charge is -2.27. The van der Waals surface area contributed by atoms with Crippen molar-refractivity contribution in [3.05, 3.63) is 112 Å². The molecule has 0 aliphatic carbocycles. The van der Waals surface area contributed by atoms with Gasteiger partial charge in [-0.3, -0.25) is 43.8 Å². The van der Waals surface area contributed by atoms with Crippen molar-refractivity contribution in [3.63, 3.8) is 0 Å². The average molecular weight is 822 g/mol. The van der Waals surface area contributed by atoms with Crippen molar-refractivity contribution >= 4 is 52.0 Å². The summed E-state index contributed by atoms with van der Waals surface area (Å²) in [5.41, 5.74) is 7.68. The number of piperidine rings is 1. The molecule has 7 rings (SSSR count). The van der Waals surface area contributed by atoms with Gasteiger partial charge in [-0.1, -0.05) is 12.1 Å².